The molecule has 0 atom stereocenters. The van der Waals surface area contributed by atoms with Crippen LogP contribution in [0.5, 0.6) is 0 Å². The van der Waals surface area contributed by atoms with Crippen molar-refractivity contribution >= 4 is 32.7 Å². The molecule has 48 heavy (non-hydrogen) atoms. The minimum absolute atomic E-state index is 0.549. The third-order valence-electron chi connectivity index (χ3n) is 8.44. The van der Waals surface area contributed by atoms with Crippen LogP contribution < -0.4 is 0 Å². The number of para-hydroxylation sites is 1. The van der Waals surface area contributed by atoms with Crippen LogP contribution in [-0.4, -0.2) is 34.9 Å². The molecule has 0 aliphatic rings. The lowest BCUT2D eigenvalue weighted by Crippen LogP contribution is -1.98. The smallest absolute Gasteiger partial charge is 0.179 e. The molecule has 0 radical (unpaired) electrons. The number of rotatable bonds is 5. The SMILES string of the molecule is c1ccc(-c2ccc3ccc4ccc(-c5cccc(-c6cccc7c(-c8ccccn8)nc(-c8ccccn8)nc67)c5)nc4c3n2)nc1. The van der Waals surface area contributed by atoms with Crippen LogP contribution in [0.15, 0.2) is 152 Å². The number of benzene rings is 3. The van der Waals surface area contributed by atoms with Crippen LogP contribution in [0, 0.1) is 0 Å². The van der Waals surface area contributed by atoms with Gasteiger partial charge in [-0.1, -0.05) is 78.9 Å². The van der Waals surface area contributed by atoms with Crippen LogP contribution in [0.2, 0.25) is 0 Å². The molecule has 0 N–H and O–H groups in total. The number of aromatic nitrogens is 7. The lowest BCUT2D eigenvalue weighted by atomic mass is 9.97. The van der Waals surface area contributed by atoms with Gasteiger partial charge in [-0.2, -0.15) is 0 Å². The predicted molar refractivity (Wildman–Crippen MR) is 191 cm³/mol. The van der Waals surface area contributed by atoms with Gasteiger partial charge in [0.25, 0.3) is 0 Å². The first-order chi connectivity index (χ1) is 23.8. The summed E-state index contributed by atoms with van der Waals surface area (Å²) in [6.07, 6.45) is 5.33. The number of pyridine rings is 5. The second kappa shape index (κ2) is 11.6. The first-order valence-corrected chi connectivity index (χ1v) is 15.6. The molecule has 0 amide bonds. The minimum atomic E-state index is 0.549. The maximum Gasteiger partial charge on any atom is 0.179 e. The molecule has 7 nitrogen and oxygen atoms in total. The largest absolute Gasteiger partial charge is 0.255 e. The van der Waals surface area contributed by atoms with E-state index in [1.54, 1.807) is 18.6 Å². The third-order valence-corrected chi connectivity index (χ3v) is 8.44. The molecular formula is C41H25N7. The van der Waals surface area contributed by atoms with Crippen molar-refractivity contribution in [3.8, 4) is 56.7 Å². The average molecular weight is 616 g/mol. The van der Waals surface area contributed by atoms with Crippen molar-refractivity contribution in [1.29, 1.82) is 0 Å². The highest BCUT2D eigenvalue weighted by Gasteiger charge is 2.17. The van der Waals surface area contributed by atoms with Gasteiger partial charge >= 0.3 is 0 Å². The van der Waals surface area contributed by atoms with E-state index in [-0.39, 0.29) is 0 Å². The molecule has 3 aromatic carbocycles. The van der Waals surface area contributed by atoms with E-state index in [0.717, 1.165) is 77.9 Å². The zero-order chi connectivity index (χ0) is 31.9. The lowest BCUT2D eigenvalue weighted by Gasteiger charge is -2.13. The van der Waals surface area contributed by atoms with Crippen molar-refractivity contribution in [3.63, 3.8) is 0 Å². The highest BCUT2D eigenvalue weighted by molar-refractivity contribution is 6.04. The van der Waals surface area contributed by atoms with Crippen molar-refractivity contribution in [2.45, 2.75) is 0 Å². The topological polar surface area (TPSA) is 90.2 Å². The molecule has 9 rings (SSSR count). The average Bonchev–Trinajstić information content (AvgIpc) is 3.18. The first-order valence-electron chi connectivity index (χ1n) is 15.6. The van der Waals surface area contributed by atoms with Crippen molar-refractivity contribution < 1.29 is 0 Å². The summed E-state index contributed by atoms with van der Waals surface area (Å²) in [6, 6.07) is 44.6. The van der Waals surface area contributed by atoms with E-state index in [0.29, 0.717) is 11.5 Å². The van der Waals surface area contributed by atoms with Gasteiger partial charge in [-0.25, -0.2) is 19.9 Å². The van der Waals surface area contributed by atoms with Crippen LogP contribution in [0.1, 0.15) is 0 Å². The summed E-state index contributed by atoms with van der Waals surface area (Å²) >= 11 is 0. The number of hydrogen-bond donors (Lipinski definition) is 0. The standard InChI is InChI=1S/C41H25N7/c1-4-22-42-33(13-1)34-21-19-27-17-16-26-18-20-32(45-37(26)38(27)46-34)29-10-7-9-28(25-29)30-11-8-12-31-39(30)47-41(36-15-3-6-24-44-36)48-40(31)35-14-2-5-23-43-35/h1-25H. The Kier molecular flexibility index (Phi) is 6.64. The quantitative estimate of drug-likeness (QED) is 0.178. The van der Waals surface area contributed by atoms with Gasteiger partial charge in [0.15, 0.2) is 5.82 Å². The molecule has 6 aromatic heterocycles. The fourth-order valence-electron chi connectivity index (χ4n) is 6.12. The molecule has 0 spiro atoms. The van der Waals surface area contributed by atoms with Gasteiger partial charge < -0.3 is 0 Å². The molecular weight excluding hydrogens is 591 g/mol. The highest BCUT2D eigenvalue weighted by Crippen LogP contribution is 2.36. The maximum absolute atomic E-state index is 5.19. The van der Waals surface area contributed by atoms with Crippen molar-refractivity contribution in [2.75, 3.05) is 0 Å². The molecule has 0 bridgehead atoms. The number of fused-ring (bicyclic) bond motifs is 4. The Morgan fingerprint density at radius 2 is 0.958 bits per heavy atom. The summed E-state index contributed by atoms with van der Waals surface area (Å²) in [5, 5.41) is 2.98. The van der Waals surface area contributed by atoms with Crippen LogP contribution in [-0.2, 0) is 0 Å². The Balaban J connectivity index is 1.20. The number of nitrogens with zero attached hydrogens (tertiary/aromatic N) is 7. The van der Waals surface area contributed by atoms with Crippen molar-refractivity contribution in [2.24, 2.45) is 0 Å². The Bertz CT molecular complexity index is 2610. The fraction of sp³-hybridized carbons (Fsp3) is 0. The summed E-state index contributed by atoms with van der Waals surface area (Å²) in [5.41, 5.74) is 10.3. The molecule has 0 saturated carbocycles. The van der Waals surface area contributed by atoms with E-state index in [1.165, 1.54) is 0 Å². The first kappa shape index (κ1) is 27.6. The molecule has 7 heteroatoms. The summed E-state index contributed by atoms with van der Waals surface area (Å²) in [6.45, 7) is 0. The van der Waals surface area contributed by atoms with E-state index in [2.05, 4.69) is 81.7 Å². The summed E-state index contributed by atoms with van der Waals surface area (Å²) < 4.78 is 0. The monoisotopic (exact) mass is 615 g/mol. The van der Waals surface area contributed by atoms with Crippen LogP contribution in [0.25, 0.3) is 89.4 Å². The molecule has 224 valence electrons. The van der Waals surface area contributed by atoms with Crippen LogP contribution in [0.3, 0.4) is 0 Å². The van der Waals surface area contributed by atoms with Gasteiger partial charge in [0, 0.05) is 45.9 Å². The van der Waals surface area contributed by atoms with E-state index < -0.39 is 0 Å². The van der Waals surface area contributed by atoms with E-state index in [4.69, 9.17) is 19.9 Å². The summed E-state index contributed by atoms with van der Waals surface area (Å²) in [7, 11) is 0. The molecule has 6 heterocycles. The normalized spacial score (nSPS) is 11.3. The van der Waals surface area contributed by atoms with Crippen molar-refractivity contribution in [1.82, 2.24) is 34.9 Å². The van der Waals surface area contributed by atoms with Crippen LogP contribution in [0.4, 0.5) is 0 Å². The molecule has 0 saturated heterocycles. The minimum Gasteiger partial charge on any atom is -0.255 e. The molecule has 0 fully saturated rings. The van der Waals surface area contributed by atoms with E-state index in [9.17, 15) is 0 Å². The van der Waals surface area contributed by atoms with Crippen molar-refractivity contribution in [3.05, 3.63) is 152 Å². The van der Waals surface area contributed by atoms with Gasteiger partial charge in [-0.3, -0.25) is 15.0 Å². The molecule has 0 aliphatic carbocycles. The van der Waals surface area contributed by atoms with E-state index >= 15 is 0 Å². The molecule has 0 aliphatic heterocycles. The molecule has 9 aromatic rings. The van der Waals surface area contributed by atoms with Crippen LogP contribution >= 0.6 is 0 Å². The second-order valence-corrected chi connectivity index (χ2v) is 11.4. The Hall–Kier alpha value is -6.73. The fourth-order valence-corrected chi connectivity index (χ4v) is 6.12. The van der Waals surface area contributed by atoms with Gasteiger partial charge in [-0.05, 0) is 60.2 Å². The third kappa shape index (κ3) is 4.91. The summed E-state index contributed by atoms with van der Waals surface area (Å²) in [5.74, 6) is 0.549. The van der Waals surface area contributed by atoms with E-state index in [1.807, 2.05) is 66.7 Å². The number of hydrogen-bond acceptors (Lipinski definition) is 7. The lowest BCUT2D eigenvalue weighted by molar-refractivity contribution is 1.16. The maximum atomic E-state index is 5.19. The zero-order valence-corrected chi connectivity index (χ0v) is 25.6. The Morgan fingerprint density at radius 3 is 1.67 bits per heavy atom. The zero-order valence-electron chi connectivity index (χ0n) is 25.6. The second-order valence-electron chi connectivity index (χ2n) is 11.4. The highest BCUT2D eigenvalue weighted by atomic mass is 14.9. The Morgan fingerprint density at radius 1 is 0.354 bits per heavy atom. The van der Waals surface area contributed by atoms with Gasteiger partial charge in [-0.15, -0.1) is 0 Å². The summed E-state index contributed by atoms with van der Waals surface area (Å²) in [4.78, 5) is 34.0. The predicted octanol–water partition coefficient (Wildman–Crippen LogP) is 9.25. The van der Waals surface area contributed by atoms with Gasteiger partial charge in [0.2, 0.25) is 0 Å². The Labute approximate surface area is 275 Å². The van der Waals surface area contributed by atoms with Gasteiger partial charge in [0.1, 0.15) is 11.4 Å². The molecule has 0 unspecified atom stereocenters. The van der Waals surface area contributed by atoms with Gasteiger partial charge in [0.05, 0.1) is 39.3 Å².